The Labute approximate surface area is 111 Å². The minimum Gasteiger partial charge on any atom is -0.364 e. The minimum absolute atomic E-state index is 0.256. The Balaban J connectivity index is 2.13. The summed E-state index contributed by atoms with van der Waals surface area (Å²) in [5.41, 5.74) is 0.811. The number of carbonyl (C=O) groups is 1. The molecular weight excluding hydrogens is 242 g/mol. The molecule has 1 amide bonds. The average Bonchev–Trinajstić information content (AvgIpc) is 2.46. The second-order valence-corrected chi connectivity index (χ2v) is 3.83. The normalized spacial score (nSPS) is 11.8. The highest BCUT2D eigenvalue weighted by atomic mass is 16.5. The Morgan fingerprint density at radius 1 is 1.32 bits per heavy atom. The molecule has 0 saturated carbocycles. The predicted molar refractivity (Wildman–Crippen MR) is 71.5 cm³/mol. The van der Waals surface area contributed by atoms with Gasteiger partial charge >= 0.3 is 0 Å². The van der Waals surface area contributed by atoms with Crippen molar-refractivity contribution < 1.29 is 9.53 Å². The monoisotopic (exact) mass is 257 g/mol. The van der Waals surface area contributed by atoms with Gasteiger partial charge in [-0.05, 0) is 12.5 Å². The molecule has 1 aromatic heterocycles. The number of rotatable bonds is 5. The molecule has 5 heteroatoms. The Morgan fingerprint density at radius 2 is 2.11 bits per heavy atom. The highest BCUT2D eigenvalue weighted by Gasteiger charge is 2.21. The Morgan fingerprint density at radius 3 is 2.74 bits per heavy atom. The number of carbonyl (C=O) groups excluding carboxylic acids is 1. The third kappa shape index (κ3) is 3.59. The van der Waals surface area contributed by atoms with Gasteiger partial charge in [-0.2, -0.15) is 0 Å². The molecule has 19 heavy (non-hydrogen) atoms. The first-order valence-electron chi connectivity index (χ1n) is 6.04. The lowest BCUT2D eigenvalue weighted by molar-refractivity contribution is -0.127. The van der Waals surface area contributed by atoms with Gasteiger partial charge in [-0.1, -0.05) is 30.3 Å². The predicted octanol–water partition coefficient (Wildman–Crippen LogP) is 2.19. The second-order valence-electron chi connectivity index (χ2n) is 3.83. The lowest BCUT2D eigenvalue weighted by Gasteiger charge is -2.16. The summed E-state index contributed by atoms with van der Waals surface area (Å²) in [6, 6.07) is 9.36. The molecule has 98 valence electrons. The van der Waals surface area contributed by atoms with E-state index in [4.69, 9.17) is 4.74 Å². The Hall–Kier alpha value is -2.27. The largest absolute Gasteiger partial charge is 0.364 e. The van der Waals surface area contributed by atoms with Crippen molar-refractivity contribution in [3.05, 3.63) is 54.5 Å². The quantitative estimate of drug-likeness (QED) is 0.891. The maximum Gasteiger partial charge on any atom is 0.259 e. The van der Waals surface area contributed by atoms with Gasteiger partial charge in [0.15, 0.2) is 11.9 Å². The zero-order valence-electron chi connectivity index (χ0n) is 10.6. The summed E-state index contributed by atoms with van der Waals surface area (Å²) in [6.45, 7) is 2.30. The third-order valence-electron chi connectivity index (χ3n) is 2.49. The number of anilines is 1. The van der Waals surface area contributed by atoms with Gasteiger partial charge in [0.25, 0.3) is 5.91 Å². The molecule has 0 aliphatic heterocycles. The molecule has 0 radical (unpaired) electrons. The second kappa shape index (κ2) is 6.61. The van der Waals surface area contributed by atoms with Crippen LogP contribution in [0, 0.1) is 0 Å². The summed E-state index contributed by atoms with van der Waals surface area (Å²) < 4.78 is 5.50. The molecule has 0 bridgehead atoms. The molecule has 1 aromatic carbocycles. The zero-order chi connectivity index (χ0) is 13.5. The number of ether oxygens (including phenoxy) is 1. The van der Waals surface area contributed by atoms with E-state index < -0.39 is 6.10 Å². The summed E-state index contributed by atoms with van der Waals surface area (Å²) in [5.74, 6) is 0.154. The number of nitrogens with zero attached hydrogens (tertiary/aromatic N) is 2. The summed E-state index contributed by atoms with van der Waals surface area (Å²) in [7, 11) is 0. The van der Waals surface area contributed by atoms with E-state index in [2.05, 4.69) is 15.3 Å². The lowest BCUT2D eigenvalue weighted by Crippen LogP contribution is -2.24. The summed E-state index contributed by atoms with van der Waals surface area (Å²) in [6.07, 6.45) is 3.92. The number of benzene rings is 1. The van der Waals surface area contributed by atoms with Crippen LogP contribution < -0.4 is 5.32 Å². The smallest absolute Gasteiger partial charge is 0.259 e. The Kier molecular flexibility index (Phi) is 4.58. The fourth-order valence-electron chi connectivity index (χ4n) is 1.67. The summed E-state index contributed by atoms with van der Waals surface area (Å²) in [5, 5.41) is 2.69. The van der Waals surface area contributed by atoms with Crippen molar-refractivity contribution in [2.24, 2.45) is 0 Å². The molecule has 0 unspecified atom stereocenters. The first kappa shape index (κ1) is 13.2. The molecule has 0 fully saturated rings. The van der Waals surface area contributed by atoms with Crippen LogP contribution in [-0.2, 0) is 9.53 Å². The van der Waals surface area contributed by atoms with Crippen molar-refractivity contribution in [2.45, 2.75) is 13.0 Å². The van der Waals surface area contributed by atoms with Crippen LogP contribution in [0.4, 0.5) is 5.82 Å². The maximum absolute atomic E-state index is 12.2. The van der Waals surface area contributed by atoms with Crippen LogP contribution in [-0.4, -0.2) is 22.5 Å². The fourth-order valence-corrected chi connectivity index (χ4v) is 1.67. The molecule has 5 nitrogen and oxygen atoms in total. The molecule has 0 aliphatic rings. The third-order valence-corrected chi connectivity index (χ3v) is 2.49. The minimum atomic E-state index is -0.645. The number of hydrogen-bond donors (Lipinski definition) is 1. The van der Waals surface area contributed by atoms with Crippen molar-refractivity contribution in [1.82, 2.24) is 9.97 Å². The molecule has 0 saturated heterocycles. The number of hydrogen-bond acceptors (Lipinski definition) is 4. The van der Waals surface area contributed by atoms with Gasteiger partial charge in [-0.15, -0.1) is 0 Å². The van der Waals surface area contributed by atoms with Crippen molar-refractivity contribution in [3.63, 3.8) is 0 Å². The van der Waals surface area contributed by atoms with Crippen LogP contribution >= 0.6 is 0 Å². The van der Waals surface area contributed by atoms with E-state index in [9.17, 15) is 4.79 Å². The van der Waals surface area contributed by atoms with Gasteiger partial charge in [0.1, 0.15) is 0 Å². The van der Waals surface area contributed by atoms with Gasteiger partial charge in [-0.25, -0.2) is 4.98 Å². The molecule has 0 spiro atoms. The summed E-state index contributed by atoms with van der Waals surface area (Å²) >= 11 is 0. The highest BCUT2D eigenvalue weighted by molar-refractivity contribution is 5.93. The zero-order valence-corrected chi connectivity index (χ0v) is 10.6. The van der Waals surface area contributed by atoms with Gasteiger partial charge < -0.3 is 10.1 Å². The number of aromatic nitrogens is 2. The van der Waals surface area contributed by atoms with Gasteiger partial charge in [0.2, 0.25) is 0 Å². The highest BCUT2D eigenvalue weighted by Crippen LogP contribution is 2.18. The van der Waals surface area contributed by atoms with E-state index in [-0.39, 0.29) is 5.91 Å². The van der Waals surface area contributed by atoms with Crippen LogP contribution in [0.15, 0.2) is 48.9 Å². The maximum atomic E-state index is 12.2. The molecule has 2 aromatic rings. The topological polar surface area (TPSA) is 64.1 Å². The van der Waals surface area contributed by atoms with Crippen LogP contribution in [0.1, 0.15) is 18.6 Å². The summed E-state index contributed by atoms with van der Waals surface area (Å²) in [4.78, 5) is 20.1. The first-order chi connectivity index (χ1) is 9.31. The standard InChI is InChI=1S/C14H15N3O2/c1-2-19-13(11-6-4-3-5-7-11)14(18)17-12-10-15-8-9-16-12/h3-10,13H,2H2,1H3,(H,16,17,18)/t13-/m1/s1. The molecule has 0 aliphatic carbocycles. The van der Waals surface area contributed by atoms with E-state index in [1.807, 2.05) is 37.3 Å². The lowest BCUT2D eigenvalue weighted by atomic mass is 10.1. The van der Waals surface area contributed by atoms with Crippen LogP contribution in [0.5, 0.6) is 0 Å². The van der Waals surface area contributed by atoms with Crippen molar-refractivity contribution in [3.8, 4) is 0 Å². The average molecular weight is 257 g/mol. The SMILES string of the molecule is CCO[C@@H](C(=O)Nc1cnccn1)c1ccccc1. The van der Waals surface area contributed by atoms with Gasteiger partial charge in [0.05, 0.1) is 6.20 Å². The van der Waals surface area contributed by atoms with Crippen molar-refractivity contribution >= 4 is 11.7 Å². The van der Waals surface area contributed by atoms with E-state index >= 15 is 0 Å². The molecule has 1 heterocycles. The van der Waals surface area contributed by atoms with Crippen LogP contribution in [0.2, 0.25) is 0 Å². The molecule has 1 N–H and O–H groups in total. The molecule has 2 rings (SSSR count). The van der Waals surface area contributed by atoms with Crippen molar-refractivity contribution in [1.29, 1.82) is 0 Å². The first-order valence-corrected chi connectivity index (χ1v) is 6.04. The van der Waals surface area contributed by atoms with Gasteiger partial charge in [0, 0.05) is 19.0 Å². The van der Waals surface area contributed by atoms with E-state index in [1.54, 1.807) is 6.20 Å². The molecule has 1 atom stereocenters. The van der Waals surface area contributed by atoms with Crippen LogP contribution in [0.25, 0.3) is 0 Å². The van der Waals surface area contributed by atoms with Crippen molar-refractivity contribution in [2.75, 3.05) is 11.9 Å². The van der Waals surface area contributed by atoms with Gasteiger partial charge in [-0.3, -0.25) is 9.78 Å². The van der Waals surface area contributed by atoms with E-state index in [0.29, 0.717) is 12.4 Å². The number of nitrogens with one attached hydrogen (secondary N) is 1. The fraction of sp³-hybridized carbons (Fsp3) is 0.214. The van der Waals surface area contributed by atoms with E-state index in [1.165, 1.54) is 12.4 Å². The van der Waals surface area contributed by atoms with E-state index in [0.717, 1.165) is 5.56 Å². The number of amides is 1. The van der Waals surface area contributed by atoms with Crippen LogP contribution in [0.3, 0.4) is 0 Å². The molecular formula is C14H15N3O2. The Bertz CT molecular complexity index is 517.